The first-order valence-corrected chi connectivity index (χ1v) is 5.82. The topological polar surface area (TPSA) is 41.1 Å². The second-order valence-electron chi connectivity index (χ2n) is 3.24. The van der Waals surface area contributed by atoms with E-state index in [9.17, 15) is 4.79 Å². The minimum absolute atomic E-state index is 0.147. The van der Waals surface area contributed by atoms with E-state index in [-0.39, 0.29) is 6.03 Å². The van der Waals surface area contributed by atoms with Crippen molar-refractivity contribution in [3.8, 4) is 0 Å². The van der Waals surface area contributed by atoms with Gasteiger partial charge in [-0.1, -0.05) is 29.3 Å². The van der Waals surface area contributed by atoms with Crippen molar-refractivity contribution in [2.75, 3.05) is 11.9 Å². The molecule has 0 aliphatic heterocycles. The average Bonchev–Trinajstić information content (AvgIpc) is 2.22. The molecule has 3 nitrogen and oxygen atoms in total. The fraction of sp³-hybridized carbons (Fsp3) is 0.364. The lowest BCUT2D eigenvalue weighted by atomic mass is 10.3. The zero-order valence-corrected chi connectivity index (χ0v) is 10.3. The third kappa shape index (κ3) is 4.83. The van der Waals surface area contributed by atoms with Gasteiger partial charge in [0.15, 0.2) is 0 Å². The Morgan fingerprint density at radius 2 is 2.00 bits per heavy atom. The normalized spacial score (nSPS) is 9.73. The summed E-state index contributed by atoms with van der Waals surface area (Å²) in [6.07, 6.45) is 2.09. The third-order valence-electron chi connectivity index (χ3n) is 1.92. The van der Waals surface area contributed by atoms with E-state index in [1.54, 1.807) is 0 Å². The van der Waals surface area contributed by atoms with Gasteiger partial charge in [-0.05, 0) is 30.7 Å². The molecule has 0 spiro atoms. The van der Waals surface area contributed by atoms with Crippen molar-refractivity contribution in [1.82, 2.24) is 5.32 Å². The van der Waals surface area contributed by atoms with E-state index in [4.69, 9.17) is 0 Å². The number of rotatable bonds is 4. The summed E-state index contributed by atoms with van der Waals surface area (Å²) in [6, 6.07) is 7.33. The van der Waals surface area contributed by atoms with Gasteiger partial charge in [-0.2, -0.15) is 0 Å². The molecule has 1 rings (SSSR count). The molecule has 0 saturated heterocycles. The molecule has 0 radical (unpaired) electrons. The van der Waals surface area contributed by atoms with E-state index >= 15 is 0 Å². The summed E-state index contributed by atoms with van der Waals surface area (Å²) >= 11 is 3.33. The molecular weight excluding hydrogens is 256 g/mol. The summed E-state index contributed by atoms with van der Waals surface area (Å²) in [5, 5.41) is 5.54. The number of unbranched alkanes of at least 4 members (excludes halogenated alkanes) is 1. The first-order valence-electron chi connectivity index (χ1n) is 5.03. The van der Waals surface area contributed by atoms with Crippen LogP contribution >= 0.6 is 15.9 Å². The van der Waals surface area contributed by atoms with Crippen molar-refractivity contribution >= 4 is 27.6 Å². The highest BCUT2D eigenvalue weighted by atomic mass is 79.9. The zero-order valence-electron chi connectivity index (χ0n) is 8.72. The van der Waals surface area contributed by atoms with Crippen molar-refractivity contribution in [3.05, 3.63) is 28.7 Å². The molecule has 0 unspecified atom stereocenters. The van der Waals surface area contributed by atoms with E-state index in [1.165, 1.54) is 0 Å². The lowest BCUT2D eigenvalue weighted by Gasteiger charge is -2.06. The van der Waals surface area contributed by atoms with Gasteiger partial charge in [0, 0.05) is 16.7 Å². The average molecular weight is 271 g/mol. The first-order chi connectivity index (χ1) is 7.22. The Kier molecular flexibility index (Phi) is 5.18. The van der Waals surface area contributed by atoms with Gasteiger partial charge in [0.05, 0.1) is 0 Å². The van der Waals surface area contributed by atoms with E-state index in [0.717, 1.165) is 29.5 Å². The summed E-state index contributed by atoms with van der Waals surface area (Å²) in [6.45, 7) is 2.81. The van der Waals surface area contributed by atoms with Crippen molar-refractivity contribution in [1.29, 1.82) is 0 Å². The summed E-state index contributed by atoms with van der Waals surface area (Å²) in [7, 11) is 0. The smallest absolute Gasteiger partial charge is 0.319 e. The van der Waals surface area contributed by atoms with E-state index < -0.39 is 0 Å². The van der Waals surface area contributed by atoms with Gasteiger partial charge in [0.25, 0.3) is 0 Å². The quantitative estimate of drug-likeness (QED) is 0.810. The second-order valence-corrected chi connectivity index (χ2v) is 4.16. The lowest BCUT2D eigenvalue weighted by Crippen LogP contribution is -2.29. The molecule has 0 heterocycles. The predicted octanol–water partition coefficient (Wildman–Crippen LogP) is 3.37. The zero-order chi connectivity index (χ0) is 11.1. The third-order valence-corrected chi connectivity index (χ3v) is 2.45. The lowest BCUT2D eigenvalue weighted by molar-refractivity contribution is 0.252. The van der Waals surface area contributed by atoms with Crippen LogP contribution in [0.15, 0.2) is 28.7 Å². The Morgan fingerprint density at radius 3 is 2.60 bits per heavy atom. The number of carbonyl (C=O) groups is 1. The summed E-state index contributed by atoms with van der Waals surface area (Å²) < 4.78 is 0.999. The Balaban J connectivity index is 2.34. The first kappa shape index (κ1) is 12.0. The van der Waals surface area contributed by atoms with Crippen molar-refractivity contribution in [3.63, 3.8) is 0 Å². The van der Waals surface area contributed by atoms with Gasteiger partial charge in [-0.3, -0.25) is 0 Å². The maximum Gasteiger partial charge on any atom is 0.319 e. The van der Waals surface area contributed by atoms with Crippen LogP contribution in [0.1, 0.15) is 19.8 Å². The minimum Gasteiger partial charge on any atom is -0.338 e. The Morgan fingerprint density at radius 1 is 1.33 bits per heavy atom. The molecule has 0 aromatic heterocycles. The van der Waals surface area contributed by atoms with Crippen LogP contribution in [-0.4, -0.2) is 12.6 Å². The predicted molar refractivity (Wildman–Crippen MR) is 66.1 cm³/mol. The number of amides is 2. The molecule has 4 heteroatoms. The number of anilines is 1. The standard InChI is InChI=1S/C11H15BrN2O/c1-2-3-8-13-11(15)14-10-6-4-9(12)5-7-10/h4-7H,2-3,8H2,1H3,(H2,13,14,15). The summed E-state index contributed by atoms with van der Waals surface area (Å²) in [4.78, 5) is 11.3. The van der Waals surface area contributed by atoms with Crippen molar-refractivity contribution in [2.24, 2.45) is 0 Å². The van der Waals surface area contributed by atoms with E-state index in [0.29, 0.717) is 0 Å². The number of halogens is 1. The maximum atomic E-state index is 11.3. The van der Waals surface area contributed by atoms with Crippen molar-refractivity contribution < 1.29 is 4.79 Å². The SMILES string of the molecule is CCCCNC(=O)Nc1ccc(Br)cc1. The van der Waals surface area contributed by atoms with Crippen LogP contribution in [0.3, 0.4) is 0 Å². The molecule has 2 amide bonds. The van der Waals surface area contributed by atoms with Gasteiger partial charge in [-0.15, -0.1) is 0 Å². The Hall–Kier alpha value is -1.03. The molecule has 2 N–H and O–H groups in total. The maximum absolute atomic E-state index is 11.3. The molecule has 15 heavy (non-hydrogen) atoms. The molecule has 82 valence electrons. The monoisotopic (exact) mass is 270 g/mol. The largest absolute Gasteiger partial charge is 0.338 e. The molecule has 0 bridgehead atoms. The van der Waals surface area contributed by atoms with Gasteiger partial charge in [0.1, 0.15) is 0 Å². The highest BCUT2D eigenvalue weighted by Crippen LogP contribution is 2.13. The highest BCUT2D eigenvalue weighted by molar-refractivity contribution is 9.10. The van der Waals surface area contributed by atoms with E-state index in [2.05, 4.69) is 33.5 Å². The molecule has 1 aromatic rings. The highest BCUT2D eigenvalue weighted by Gasteiger charge is 1.99. The number of carbonyl (C=O) groups excluding carboxylic acids is 1. The summed E-state index contributed by atoms with van der Waals surface area (Å²) in [5.74, 6) is 0. The molecule has 0 aliphatic rings. The number of hydrogen-bond acceptors (Lipinski definition) is 1. The fourth-order valence-electron chi connectivity index (χ4n) is 1.09. The molecule has 0 saturated carbocycles. The minimum atomic E-state index is -0.147. The van der Waals surface area contributed by atoms with Crippen LogP contribution in [0, 0.1) is 0 Å². The van der Waals surface area contributed by atoms with Gasteiger partial charge in [-0.25, -0.2) is 4.79 Å². The van der Waals surface area contributed by atoms with Crippen LogP contribution in [0.25, 0.3) is 0 Å². The molecule has 0 aliphatic carbocycles. The van der Waals surface area contributed by atoms with Gasteiger partial charge < -0.3 is 10.6 Å². The van der Waals surface area contributed by atoms with Gasteiger partial charge >= 0.3 is 6.03 Å². The van der Waals surface area contributed by atoms with Gasteiger partial charge in [0.2, 0.25) is 0 Å². The number of benzene rings is 1. The van der Waals surface area contributed by atoms with Crippen LogP contribution in [0.4, 0.5) is 10.5 Å². The van der Waals surface area contributed by atoms with Crippen LogP contribution in [0.5, 0.6) is 0 Å². The molecule has 0 atom stereocenters. The fourth-order valence-corrected chi connectivity index (χ4v) is 1.35. The molecular formula is C11H15BrN2O. The number of hydrogen-bond donors (Lipinski definition) is 2. The Labute approximate surface area is 98.4 Å². The van der Waals surface area contributed by atoms with Crippen LogP contribution in [0.2, 0.25) is 0 Å². The van der Waals surface area contributed by atoms with E-state index in [1.807, 2.05) is 24.3 Å². The van der Waals surface area contributed by atoms with Crippen LogP contribution in [-0.2, 0) is 0 Å². The summed E-state index contributed by atoms with van der Waals surface area (Å²) in [5.41, 5.74) is 0.798. The Bertz CT molecular complexity index is 311. The molecule has 1 aromatic carbocycles. The van der Waals surface area contributed by atoms with Crippen LogP contribution < -0.4 is 10.6 Å². The number of urea groups is 1. The van der Waals surface area contributed by atoms with Crippen molar-refractivity contribution in [2.45, 2.75) is 19.8 Å². The number of nitrogens with one attached hydrogen (secondary N) is 2. The second kappa shape index (κ2) is 6.45. The molecule has 0 fully saturated rings.